The summed E-state index contributed by atoms with van der Waals surface area (Å²) in [6, 6.07) is 12.1. The molecule has 1 atom stereocenters. The minimum Gasteiger partial charge on any atom is -0.497 e. The third kappa shape index (κ3) is 4.72. The minimum atomic E-state index is -0.684. The van der Waals surface area contributed by atoms with Crippen LogP contribution in [0.1, 0.15) is 36.6 Å². The highest BCUT2D eigenvalue weighted by Crippen LogP contribution is 2.33. The van der Waals surface area contributed by atoms with Crippen LogP contribution in [0.15, 0.2) is 53.7 Å². The second kappa shape index (κ2) is 10.2. The van der Waals surface area contributed by atoms with E-state index in [-0.39, 0.29) is 19.2 Å². The lowest BCUT2D eigenvalue weighted by atomic mass is 9.94. The second-order valence-corrected chi connectivity index (χ2v) is 7.47. The summed E-state index contributed by atoms with van der Waals surface area (Å²) in [6.07, 6.45) is 0. The predicted octanol–water partition coefficient (Wildman–Crippen LogP) is 4.29. The minimum absolute atomic E-state index is 0.0557. The molecule has 2 aromatic rings. The Labute approximate surface area is 189 Å². The van der Waals surface area contributed by atoms with Gasteiger partial charge < -0.3 is 19.5 Å². The van der Waals surface area contributed by atoms with E-state index in [9.17, 15) is 9.59 Å². The lowest BCUT2D eigenvalue weighted by Crippen LogP contribution is -2.49. The van der Waals surface area contributed by atoms with Gasteiger partial charge in [-0.1, -0.05) is 24.3 Å². The Morgan fingerprint density at radius 3 is 2.56 bits per heavy atom. The van der Waals surface area contributed by atoms with Crippen LogP contribution in [0.5, 0.6) is 11.5 Å². The van der Waals surface area contributed by atoms with Crippen LogP contribution in [-0.2, 0) is 9.53 Å². The Bertz CT molecular complexity index is 1030. The average Bonchev–Trinajstić information content (AvgIpc) is 2.79. The van der Waals surface area contributed by atoms with Crippen molar-refractivity contribution < 1.29 is 23.8 Å². The third-order valence-electron chi connectivity index (χ3n) is 5.60. The first kappa shape index (κ1) is 23.2. The number of likely N-dealkylation sites (N-methyl/N-ethyl adjacent to an activating group) is 1. The average molecular weight is 439 g/mol. The van der Waals surface area contributed by atoms with Gasteiger partial charge >= 0.3 is 12.0 Å². The molecule has 2 aromatic carbocycles. The van der Waals surface area contributed by atoms with E-state index < -0.39 is 12.0 Å². The molecule has 7 heteroatoms. The van der Waals surface area contributed by atoms with Crippen LogP contribution in [0, 0.1) is 13.8 Å². The molecule has 1 aliphatic rings. The summed E-state index contributed by atoms with van der Waals surface area (Å²) < 4.78 is 16.8. The van der Waals surface area contributed by atoms with Crippen molar-refractivity contribution in [3.63, 3.8) is 0 Å². The molecule has 7 nitrogen and oxygen atoms in total. The molecule has 0 fully saturated rings. The smallest absolute Gasteiger partial charge is 0.338 e. The van der Waals surface area contributed by atoms with Gasteiger partial charge in [-0.25, -0.2) is 9.59 Å². The van der Waals surface area contributed by atoms with Gasteiger partial charge in [-0.15, -0.1) is 0 Å². The van der Waals surface area contributed by atoms with Crippen LogP contribution in [0.25, 0.3) is 0 Å². The van der Waals surface area contributed by atoms with Gasteiger partial charge in [0.05, 0.1) is 31.0 Å². The molecular formula is C25H30N2O5. The molecule has 0 bridgehead atoms. The standard InChI is InChI=1S/C25H30N2O5/c1-6-27-20(15-32-21-13-8-10-16(3)17(21)4)22(24(28)31-7-2)23(26-25(27)29)18-11-9-12-19(14-18)30-5/h8-14,23H,6-7,15H2,1-5H3,(H,26,29)/t23-/m0/s1. The van der Waals surface area contributed by atoms with E-state index in [2.05, 4.69) is 5.32 Å². The molecule has 1 aliphatic heterocycles. The number of carbonyl (C=O) groups excluding carboxylic acids is 2. The number of hydrogen-bond donors (Lipinski definition) is 1. The molecule has 0 saturated heterocycles. The third-order valence-corrected chi connectivity index (χ3v) is 5.60. The number of ether oxygens (including phenoxy) is 3. The normalized spacial score (nSPS) is 16.0. The van der Waals surface area contributed by atoms with E-state index in [0.717, 1.165) is 16.7 Å². The zero-order valence-corrected chi connectivity index (χ0v) is 19.2. The molecule has 32 heavy (non-hydrogen) atoms. The maximum atomic E-state index is 13.1. The quantitative estimate of drug-likeness (QED) is 0.622. The van der Waals surface area contributed by atoms with Crippen molar-refractivity contribution >= 4 is 12.0 Å². The molecule has 2 amide bonds. The number of urea groups is 1. The van der Waals surface area contributed by atoms with Gasteiger partial charge in [0.25, 0.3) is 0 Å². The van der Waals surface area contributed by atoms with E-state index in [0.29, 0.717) is 29.3 Å². The summed E-state index contributed by atoms with van der Waals surface area (Å²) in [4.78, 5) is 27.6. The van der Waals surface area contributed by atoms with Crippen molar-refractivity contribution in [1.82, 2.24) is 10.2 Å². The maximum Gasteiger partial charge on any atom is 0.338 e. The SMILES string of the molecule is CCOC(=O)C1=C(COc2cccc(C)c2C)N(CC)C(=O)N[C@H]1c1cccc(OC)c1. The number of carbonyl (C=O) groups is 2. The van der Waals surface area contributed by atoms with Crippen molar-refractivity contribution in [2.24, 2.45) is 0 Å². The number of amides is 2. The Balaban J connectivity index is 2.10. The highest BCUT2D eigenvalue weighted by molar-refractivity contribution is 5.95. The fraction of sp³-hybridized carbons (Fsp3) is 0.360. The largest absolute Gasteiger partial charge is 0.497 e. The number of nitrogens with zero attached hydrogens (tertiary/aromatic N) is 1. The molecule has 0 aliphatic carbocycles. The molecular weight excluding hydrogens is 408 g/mol. The van der Waals surface area contributed by atoms with Crippen LogP contribution in [0.4, 0.5) is 4.79 Å². The zero-order valence-electron chi connectivity index (χ0n) is 19.2. The van der Waals surface area contributed by atoms with Crippen molar-refractivity contribution in [3.8, 4) is 11.5 Å². The van der Waals surface area contributed by atoms with Gasteiger partial charge in [0.15, 0.2) is 0 Å². The van der Waals surface area contributed by atoms with Crippen LogP contribution < -0.4 is 14.8 Å². The van der Waals surface area contributed by atoms with Crippen LogP contribution >= 0.6 is 0 Å². The number of nitrogens with one attached hydrogen (secondary N) is 1. The number of aryl methyl sites for hydroxylation is 1. The molecule has 170 valence electrons. The number of rotatable bonds is 8. The molecule has 3 rings (SSSR count). The van der Waals surface area contributed by atoms with Gasteiger partial charge in [-0.05, 0) is 62.6 Å². The van der Waals surface area contributed by atoms with Gasteiger partial charge in [-0.2, -0.15) is 0 Å². The lowest BCUT2D eigenvalue weighted by molar-refractivity contribution is -0.139. The summed E-state index contributed by atoms with van der Waals surface area (Å²) in [7, 11) is 1.57. The fourth-order valence-corrected chi connectivity index (χ4v) is 3.74. The van der Waals surface area contributed by atoms with E-state index in [1.807, 2.05) is 57.2 Å². The van der Waals surface area contributed by atoms with Crippen molar-refractivity contribution in [1.29, 1.82) is 0 Å². The van der Waals surface area contributed by atoms with Gasteiger partial charge in [0, 0.05) is 6.54 Å². The van der Waals surface area contributed by atoms with E-state index in [1.165, 1.54) is 4.90 Å². The highest BCUT2D eigenvalue weighted by atomic mass is 16.5. The molecule has 1 heterocycles. The van der Waals surface area contributed by atoms with Crippen LogP contribution in [0.3, 0.4) is 0 Å². The van der Waals surface area contributed by atoms with Crippen molar-refractivity contribution in [3.05, 3.63) is 70.4 Å². The van der Waals surface area contributed by atoms with E-state index >= 15 is 0 Å². The number of hydrogen-bond acceptors (Lipinski definition) is 5. The van der Waals surface area contributed by atoms with Crippen LogP contribution in [-0.4, -0.2) is 43.8 Å². The molecule has 1 N–H and O–H groups in total. The molecule has 0 saturated carbocycles. The first-order valence-corrected chi connectivity index (χ1v) is 10.7. The predicted molar refractivity (Wildman–Crippen MR) is 122 cm³/mol. The fourth-order valence-electron chi connectivity index (χ4n) is 3.74. The Hall–Kier alpha value is -3.48. The summed E-state index contributed by atoms with van der Waals surface area (Å²) in [6.45, 7) is 8.26. The Morgan fingerprint density at radius 1 is 1.12 bits per heavy atom. The van der Waals surface area contributed by atoms with E-state index in [4.69, 9.17) is 14.2 Å². The maximum absolute atomic E-state index is 13.1. The number of methoxy groups -OCH3 is 1. The topological polar surface area (TPSA) is 77.1 Å². The first-order chi connectivity index (χ1) is 15.4. The first-order valence-electron chi connectivity index (χ1n) is 10.7. The summed E-state index contributed by atoms with van der Waals surface area (Å²) in [5.41, 5.74) is 3.68. The summed E-state index contributed by atoms with van der Waals surface area (Å²) in [5.74, 6) is 0.852. The summed E-state index contributed by atoms with van der Waals surface area (Å²) >= 11 is 0. The van der Waals surface area contributed by atoms with Gasteiger partial charge in [0.1, 0.15) is 18.1 Å². The highest BCUT2D eigenvalue weighted by Gasteiger charge is 2.38. The monoisotopic (exact) mass is 438 g/mol. The molecule has 0 radical (unpaired) electrons. The Morgan fingerprint density at radius 2 is 1.88 bits per heavy atom. The van der Waals surface area contributed by atoms with Gasteiger partial charge in [0.2, 0.25) is 0 Å². The van der Waals surface area contributed by atoms with E-state index in [1.54, 1.807) is 20.1 Å². The zero-order chi connectivity index (χ0) is 23.3. The van der Waals surface area contributed by atoms with Crippen molar-refractivity contribution in [2.75, 3.05) is 26.9 Å². The van der Waals surface area contributed by atoms with Crippen LogP contribution in [0.2, 0.25) is 0 Å². The molecule has 0 unspecified atom stereocenters. The van der Waals surface area contributed by atoms with Crippen molar-refractivity contribution in [2.45, 2.75) is 33.7 Å². The lowest BCUT2D eigenvalue weighted by Gasteiger charge is -2.36. The summed E-state index contributed by atoms with van der Waals surface area (Å²) in [5, 5.41) is 2.94. The number of benzene rings is 2. The van der Waals surface area contributed by atoms with Gasteiger partial charge in [-0.3, -0.25) is 4.90 Å². The molecule has 0 aromatic heterocycles. The molecule has 0 spiro atoms. The Kier molecular flexibility index (Phi) is 7.41. The number of esters is 1. The second-order valence-electron chi connectivity index (χ2n) is 7.47.